The first-order valence-electron chi connectivity index (χ1n) is 7.31. The molecule has 0 saturated heterocycles. The Bertz CT molecular complexity index is 777. The van der Waals surface area contributed by atoms with Crippen molar-refractivity contribution in [1.82, 2.24) is 4.98 Å². The standard InChI is InChI=1S/C16H15ClN2O6S/c1-23-14(21)6-11-9-26-16(18-11)19-13(20)7-25-15(22)8-24-12-4-2-10(17)3-5-12/h2-5,9H,6-8H2,1H3,(H,18,19,20). The summed E-state index contributed by atoms with van der Waals surface area (Å²) in [7, 11) is 1.28. The topological polar surface area (TPSA) is 104 Å². The minimum Gasteiger partial charge on any atom is -0.482 e. The van der Waals surface area contributed by atoms with E-state index < -0.39 is 24.5 Å². The first kappa shape index (κ1) is 19.7. The summed E-state index contributed by atoms with van der Waals surface area (Å²) < 4.78 is 14.5. The van der Waals surface area contributed by atoms with E-state index >= 15 is 0 Å². The number of methoxy groups -OCH3 is 1. The van der Waals surface area contributed by atoms with Gasteiger partial charge in [0.15, 0.2) is 18.3 Å². The van der Waals surface area contributed by atoms with Gasteiger partial charge in [-0.15, -0.1) is 11.3 Å². The van der Waals surface area contributed by atoms with Crippen molar-refractivity contribution in [2.45, 2.75) is 6.42 Å². The van der Waals surface area contributed by atoms with Gasteiger partial charge >= 0.3 is 11.9 Å². The molecule has 1 amide bonds. The van der Waals surface area contributed by atoms with E-state index in [4.69, 9.17) is 21.1 Å². The molecule has 0 atom stereocenters. The zero-order valence-electron chi connectivity index (χ0n) is 13.7. The molecule has 1 N–H and O–H groups in total. The number of aromatic nitrogens is 1. The van der Waals surface area contributed by atoms with Crippen molar-refractivity contribution < 1.29 is 28.6 Å². The van der Waals surface area contributed by atoms with Gasteiger partial charge in [0.05, 0.1) is 19.2 Å². The molecular weight excluding hydrogens is 384 g/mol. The number of amides is 1. The fourth-order valence-electron chi connectivity index (χ4n) is 1.68. The minimum absolute atomic E-state index is 0.0138. The highest BCUT2D eigenvalue weighted by Gasteiger charge is 2.12. The van der Waals surface area contributed by atoms with Crippen molar-refractivity contribution >= 4 is 45.9 Å². The highest BCUT2D eigenvalue weighted by atomic mass is 35.5. The Hall–Kier alpha value is -2.65. The largest absolute Gasteiger partial charge is 0.482 e. The molecule has 0 bridgehead atoms. The molecule has 1 heterocycles. The third-order valence-electron chi connectivity index (χ3n) is 2.89. The lowest BCUT2D eigenvalue weighted by atomic mass is 10.3. The van der Waals surface area contributed by atoms with Crippen LogP contribution in [-0.4, -0.2) is 43.2 Å². The molecule has 0 spiro atoms. The van der Waals surface area contributed by atoms with Crippen LogP contribution in [0.4, 0.5) is 5.13 Å². The highest BCUT2D eigenvalue weighted by Crippen LogP contribution is 2.16. The van der Waals surface area contributed by atoms with Gasteiger partial charge in [-0.25, -0.2) is 9.78 Å². The van der Waals surface area contributed by atoms with Gasteiger partial charge in [0, 0.05) is 10.4 Å². The van der Waals surface area contributed by atoms with E-state index in [1.165, 1.54) is 7.11 Å². The molecule has 1 aromatic heterocycles. The van der Waals surface area contributed by atoms with Crippen molar-refractivity contribution in [3.8, 4) is 5.75 Å². The molecular formula is C16H15ClN2O6S. The van der Waals surface area contributed by atoms with Crippen LogP contribution in [-0.2, 0) is 30.3 Å². The molecule has 2 aromatic rings. The molecule has 0 unspecified atom stereocenters. The number of hydrogen-bond donors (Lipinski definition) is 1. The summed E-state index contributed by atoms with van der Waals surface area (Å²) in [6, 6.07) is 6.46. The SMILES string of the molecule is COC(=O)Cc1csc(NC(=O)COC(=O)COc2ccc(Cl)cc2)n1. The van der Waals surface area contributed by atoms with Crippen molar-refractivity contribution in [3.05, 3.63) is 40.4 Å². The molecule has 10 heteroatoms. The van der Waals surface area contributed by atoms with Gasteiger partial charge in [-0.05, 0) is 24.3 Å². The number of anilines is 1. The van der Waals surface area contributed by atoms with Crippen LogP contribution >= 0.6 is 22.9 Å². The maximum atomic E-state index is 11.7. The number of ether oxygens (including phenoxy) is 3. The zero-order chi connectivity index (χ0) is 18.9. The molecule has 0 saturated carbocycles. The van der Waals surface area contributed by atoms with Crippen LogP contribution in [0.1, 0.15) is 5.69 Å². The first-order valence-corrected chi connectivity index (χ1v) is 8.57. The summed E-state index contributed by atoms with van der Waals surface area (Å²) in [5, 5.41) is 4.94. The lowest BCUT2D eigenvalue weighted by Gasteiger charge is -2.07. The third-order valence-corrected chi connectivity index (χ3v) is 3.94. The average Bonchev–Trinajstić information content (AvgIpc) is 3.06. The van der Waals surface area contributed by atoms with E-state index in [9.17, 15) is 14.4 Å². The van der Waals surface area contributed by atoms with Crippen LogP contribution in [0.5, 0.6) is 5.75 Å². The van der Waals surface area contributed by atoms with E-state index in [0.29, 0.717) is 21.6 Å². The van der Waals surface area contributed by atoms with Gasteiger partial charge in [-0.2, -0.15) is 0 Å². The lowest BCUT2D eigenvalue weighted by Crippen LogP contribution is -2.23. The summed E-state index contributed by atoms with van der Waals surface area (Å²) in [5.74, 6) is -1.22. The number of esters is 2. The zero-order valence-corrected chi connectivity index (χ0v) is 15.3. The number of carbonyl (C=O) groups excluding carboxylic acids is 3. The smallest absolute Gasteiger partial charge is 0.344 e. The third kappa shape index (κ3) is 6.69. The monoisotopic (exact) mass is 398 g/mol. The van der Waals surface area contributed by atoms with Crippen LogP contribution in [0.25, 0.3) is 0 Å². The summed E-state index contributed by atoms with van der Waals surface area (Å²) in [4.78, 5) is 38.5. The van der Waals surface area contributed by atoms with Crippen LogP contribution < -0.4 is 10.1 Å². The second-order valence-corrected chi connectivity index (χ2v) is 6.14. The normalized spacial score (nSPS) is 10.1. The van der Waals surface area contributed by atoms with Crippen molar-refractivity contribution in [1.29, 1.82) is 0 Å². The van der Waals surface area contributed by atoms with E-state index in [0.717, 1.165) is 11.3 Å². The van der Waals surface area contributed by atoms with Crippen LogP contribution in [0.3, 0.4) is 0 Å². The molecule has 138 valence electrons. The summed E-state index contributed by atoms with van der Waals surface area (Å²) in [5.41, 5.74) is 0.477. The fourth-order valence-corrected chi connectivity index (χ4v) is 2.53. The van der Waals surface area contributed by atoms with Crippen molar-refractivity contribution in [2.24, 2.45) is 0 Å². The molecule has 0 fully saturated rings. The van der Waals surface area contributed by atoms with Gasteiger partial charge < -0.3 is 14.2 Å². The average molecular weight is 399 g/mol. The number of benzene rings is 1. The van der Waals surface area contributed by atoms with Gasteiger partial charge in [0.1, 0.15) is 5.75 Å². The molecule has 1 aromatic carbocycles. The number of carbonyl (C=O) groups is 3. The van der Waals surface area contributed by atoms with Crippen molar-refractivity contribution in [2.75, 3.05) is 25.6 Å². The van der Waals surface area contributed by atoms with Gasteiger partial charge in [0.25, 0.3) is 5.91 Å². The maximum absolute atomic E-state index is 11.7. The lowest BCUT2D eigenvalue weighted by molar-refractivity contribution is -0.149. The van der Waals surface area contributed by atoms with Gasteiger partial charge in [0.2, 0.25) is 0 Å². The van der Waals surface area contributed by atoms with E-state index in [-0.39, 0.29) is 13.0 Å². The number of nitrogens with zero attached hydrogens (tertiary/aromatic N) is 1. The van der Waals surface area contributed by atoms with E-state index in [1.807, 2.05) is 0 Å². The number of thiazole rings is 1. The first-order chi connectivity index (χ1) is 12.5. The Morgan fingerprint density at radius 2 is 1.88 bits per heavy atom. The Kier molecular flexibility index (Phi) is 7.37. The number of halogens is 1. The predicted molar refractivity (Wildman–Crippen MR) is 94.4 cm³/mol. The summed E-state index contributed by atoms with van der Waals surface area (Å²) in [6.07, 6.45) is 0.0138. The number of hydrogen-bond acceptors (Lipinski definition) is 8. The van der Waals surface area contributed by atoms with Gasteiger partial charge in [-0.1, -0.05) is 11.6 Å². The van der Waals surface area contributed by atoms with Crippen molar-refractivity contribution in [3.63, 3.8) is 0 Å². The maximum Gasteiger partial charge on any atom is 0.344 e. The minimum atomic E-state index is -0.694. The van der Waals surface area contributed by atoms with Gasteiger partial charge in [-0.3, -0.25) is 14.9 Å². The molecule has 0 aliphatic heterocycles. The second kappa shape index (κ2) is 9.73. The van der Waals surface area contributed by atoms with Crippen LogP contribution in [0.15, 0.2) is 29.6 Å². The fraction of sp³-hybridized carbons (Fsp3) is 0.250. The second-order valence-electron chi connectivity index (χ2n) is 4.85. The van der Waals surface area contributed by atoms with Crippen LogP contribution in [0.2, 0.25) is 5.02 Å². The molecule has 26 heavy (non-hydrogen) atoms. The summed E-state index contributed by atoms with van der Waals surface area (Å²) in [6.45, 7) is -0.815. The highest BCUT2D eigenvalue weighted by molar-refractivity contribution is 7.13. The number of rotatable bonds is 8. The Morgan fingerprint density at radius 1 is 1.15 bits per heavy atom. The van der Waals surface area contributed by atoms with E-state index in [1.54, 1.807) is 29.6 Å². The number of nitrogens with one attached hydrogen (secondary N) is 1. The Labute approximate surface area is 158 Å². The van der Waals surface area contributed by atoms with E-state index in [2.05, 4.69) is 15.0 Å². The quantitative estimate of drug-likeness (QED) is 0.679. The molecule has 8 nitrogen and oxygen atoms in total. The van der Waals surface area contributed by atoms with Crippen LogP contribution in [0, 0.1) is 0 Å². The Morgan fingerprint density at radius 3 is 2.58 bits per heavy atom. The predicted octanol–water partition coefficient (Wildman–Crippen LogP) is 2.07. The summed E-state index contributed by atoms with van der Waals surface area (Å²) >= 11 is 6.89. The molecule has 2 rings (SSSR count). The molecule has 0 radical (unpaired) electrons. The molecule has 0 aliphatic carbocycles. The molecule has 0 aliphatic rings. The Balaban J connectivity index is 1.70.